The minimum atomic E-state index is 0.388. The van der Waals surface area contributed by atoms with Crippen molar-refractivity contribution >= 4 is 27.3 Å². The van der Waals surface area contributed by atoms with Crippen molar-refractivity contribution < 1.29 is 0 Å². The number of nitrogens with one attached hydrogen (secondary N) is 1. The first-order valence-electron chi connectivity index (χ1n) is 5.12. The molecule has 0 saturated carbocycles. The van der Waals surface area contributed by atoms with E-state index in [1.54, 1.807) is 17.5 Å². The van der Waals surface area contributed by atoms with Gasteiger partial charge >= 0.3 is 0 Å². The summed E-state index contributed by atoms with van der Waals surface area (Å²) in [6, 6.07) is 6.71. The summed E-state index contributed by atoms with van der Waals surface area (Å²) in [4.78, 5) is 5.50. The normalized spacial score (nSPS) is 12.6. The van der Waals surface area contributed by atoms with Crippen LogP contribution in [0.1, 0.15) is 23.4 Å². The first-order valence-corrected chi connectivity index (χ1v) is 6.79. The van der Waals surface area contributed by atoms with Gasteiger partial charge in [-0.2, -0.15) is 0 Å². The molecule has 0 unspecified atom stereocenters. The highest BCUT2D eigenvalue weighted by Gasteiger charge is 2.05. The highest BCUT2D eigenvalue weighted by molar-refractivity contribution is 9.10. The molecule has 4 heteroatoms. The number of rotatable bonds is 4. The van der Waals surface area contributed by atoms with Gasteiger partial charge in [-0.05, 0) is 45.9 Å². The van der Waals surface area contributed by atoms with E-state index >= 15 is 0 Å². The molecule has 0 bridgehead atoms. The van der Waals surface area contributed by atoms with Crippen LogP contribution in [0.2, 0.25) is 0 Å². The van der Waals surface area contributed by atoms with Crippen LogP contribution in [0.3, 0.4) is 0 Å². The monoisotopic (exact) mass is 296 g/mol. The number of pyridine rings is 1. The number of aromatic nitrogens is 1. The van der Waals surface area contributed by atoms with Crippen molar-refractivity contribution in [1.29, 1.82) is 0 Å². The van der Waals surface area contributed by atoms with E-state index in [0.29, 0.717) is 6.04 Å². The smallest absolute Gasteiger partial charge is 0.0410 e. The predicted molar refractivity (Wildman–Crippen MR) is 71.5 cm³/mol. The first kappa shape index (κ1) is 11.8. The van der Waals surface area contributed by atoms with Gasteiger partial charge in [-0.3, -0.25) is 4.98 Å². The van der Waals surface area contributed by atoms with Gasteiger partial charge in [0, 0.05) is 34.3 Å². The van der Waals surface area contributed by atoms with E-state index in [4.69, 9.17) is 0 Å². The third-order valence-corrected chi connectivity index (χ3v) is 3.83. The lowest BCUT2D eigenvalue weighted by molar-refractivity contribution is 0.582. The second kappa shape index (κ2) is 5.57. The average molecular weight is 297 g/mol. The molecule has 0 aliphatic rings. The summed E-state index contributed by atoms with van der Waals surface area (Å²) in [5, 5.41) is 5.58. The molecule has 0 amide bonds. The molecule has 2 nitrogen and oxygen atoms in total. The van der Waals surface area contributed by atoms with Crippen LogP contribution in [0.25, 0.3) is 0 Å². The second-order valence-corrected chi connectivity index (χ2v) is 5.52. The molecule has 2 aromatic rings. The Hall–Kier alpha value is -0.710. The van der Waals surface area contributed by atoms with E-state index in [1.165, 1.54) is 10.4 Å². The Kier molecular flexibility index (Phi) is 4.09. The molecule has 1 atom stereocenters. The van der Waals surface area contributed by atoms with Crippen molar-refractivity contribution in [3.05, 3.63) is 50.9 Å². The zero-order valence-electron chi connectivity index (χ0n) is 8.98. The Balaban J connectivity index is 1.92. The van der Waals surface area contributed by atoms with Crippen LogP contribution >= 0.6 is 27.3 Å². The molecule has 0 aromatic carbocycles. The molecule has 2 rings (SSSR count). The van der Waals surface area contributed by atoms with Crippen molar-refractivity contribution in [2.24, 2.45) is 0 Å². The van der Waals surface area contributed by atoms with Gasteiger partial charge in [0.05, 0.1) is 0 Å². The molecule has 1 N–H and O–H groups in total. The van der Waals surface area contributed by atoms with E-state index < -0.39 is 0 Å². The molecule has 2 aromatic heterocycles. The largest absolute Gasteiger partial charge is 0.305 e. The van der Waals surface area contributed by atoms with Crippen LogP contribution in [0, 0.1) is 0 Å². The summed E-state index contributed by atoms with van der Waals surface area (Å²) in [6.45, 7) is 3.02. The number of halogens is 1. The molecule has 84 valence electrons. The van der Waals surface area contributed by atoms with Gasteiger partial charge in [-0.15, -0.1) is 11.3 Å². The summed E-state index contributed by atoms with van der Waals surface area (Å²) >= 11 is 5.20. The maximum absolute atomic E-state index is 4.14. The zero-order valence-corrected chi connectivity index (χ0v) is 11.4. The molecule has 0 aliphatic carbocycles. The average Bonchev–Trinajstić information content (AvgIpc) is 2.79. The van der Waals surface area contributed by atoms with Crippen molar-refractivity contribution in [3.63, 3.8) is 0 Å². The Morgan fingerprint density at radius 2 is 2.38 bits per heavy atom. The molecule has 16 heavy (non-hydrogen) atoms. The standard InChI is InChI=1S/C12H13BrN2S/c1-9(12-3-2-4-16-12)15-7-10-5-11(13)8-14-6-10/h2-6,8-9,15H,7H2,1H3/t9-/m0/s1. The van der Waals surface area contributed by atoms with Gasteiger partial charge in [0.15, 0.2) is 0 Å². The van der Waals surface area contributed by atoms with Gasteiger partial charge in [-0.25, -0.2) is 0 Å². The van der Waals surface area contributed by atoms with Crippen molar-refractivity contribution in [2.75, 3.05) is 0 Å². The minimum Gasteiger partial charge on any atom is -0.305 e. The van der Waals surface area contributed by atoms with Crippen molar-refractivity contribution in [1.82, 2.24) is 10.3 Å². The summed E-state index contributed by atoms with van der Waals surface area (Å²) in [5.74, 6) is 0. The van der Waals surface area contributed by atoms with Gasteiger partial charge in [0.2, 0.25) is 0 Å². The second-order valence-electron chi connectivity index (χ2n) is 3.63. The van der Waals surface area contributed by atoms with Crippen molar-refractivity contribution in [3.8, 4) is 0 Å². The number of thiophene rings is 1. The van der Waals surface area contributed by atoms with Crippen LogP contribution in [0.15, 0.2) is 40.4 Å². The molecular formula is C12H13BrN2S. The van der Waals surface area contributed by atoms with E-state index in [1.807, 2.05) is 6.20 Å². The Morgan fingerprint density at radius 1 is 1.50 bits per heavy atom. The Labute approximate surface area is 108 Å². The van der Waals surface area contributed by atoms with Crippen LogP contribution in [-0.4, -0.2) is 4.98 Å². The van der Waals surface area contributed by atoms with Crippen molar-refractivity contribution in [2.45, 2.75) is 19.5 Å². The predicted octanol–water partition coefficient (Wildman–Crippen LogP) is 3.76. The lowest BCUT2D eigenvalue weighted by Gasteiger charge is -2.11. The Morgan fingerprint density at radius 3 is 3.06 bits per heavy atom. The third-order valence-electron chi connectivity index (χ3n) is 2.34. The fourth-order valence-electron chi connectivity index (χ4n) is 1.46. The lowest BCUT2D eigenvalue weighted by Crippen LogP contribution is -2.17. The number of hydrogen-bond acceptors (Lipinski definition) is 3. The lowest BCUT2D eigenvalue weighted by atomic mass is 10.2. The molecule has 0 radical (unpaired) electrons. The molecule has 0 spiro atoms. The van der Waals surface area contributed by atoms with E-state index in [9.17, 15) is 0 Å². The molecule has 0 fully saturated rings. The summed E-state index contributed by atoms with van der Waals surface area (Å²) in [7, 11) is 0. The van der Waals surface area contributed by atoms with Crippen LogP contribution < -0.4 is 5.32 Å². The van der Waals surface area contributed by atoms with Crippen LogP contribution in [-0.2, 0) is 6.54 Å². The van der Waals surface area contributed by atoms with E-state index in [2.05, 4.69) is 56.7 Å². The maximum Gasteiger partial charge on any atom is 0.0410 e. The quantitative estimate of drug-likeness (QED) is 0.929. The highest BCUT2D eigenvalue weighted by Crippen LogP contribution is 2.18. The third kappa shape index (κ3) is 3.14. The van der Waals surface area contributed by atoms with Gasteiger partial charge in [0.25, 0.3) is 0 Å². The highest BCUT2D eigenvalue weighted by atomic mass is 79.9. The number of hydrogen-bond donors (Lipinski definition) is 1. The molecule has 0 aliphatic heterocycles. The first-order chi connectivity index (χ1) is 7.75. The molecule has 2 heterocycles. The fraction of sp³-hybridized carbons (Fsp3) is 0.250. The number of nitrogens with zero attached hydrogens (tertiary/aromatic N) is 1. The van der Waals surface area contributed by atoms with E-state index in [-0.39, 0.29) is 0 Å². The SMILES string of the molecule is C[C@H](NCc1cncc(Br)c1)c1cccs1. The van der Waals surface area contributed by atoms with Crippen LogP contribution in [0.5, 0.6) is 0 Å². The van der Waals surface area contributed by atoms with Crippen LogP contribution in [0.4, 0.5) is 0 Å². The molecular weight excluding hydrogens is 284 g/mol. The summed E-state index contributed by atoms with van der Waals surface area (Å²) < 4.78 is 1.02. The fourth-order valence-corrected chi connectivity index (χ4v) is 2.63. The van der Waals surface area contributed by atoms with E-state index in [0.717, 1.165) is 11.0 Å². The van der Waals surface area contributed by atoms with Gasteiger partial charge in [-0.1, -0.05) is 6.07 Å². The zero-order chi connectivity index (χ0) is 11.4. The minimum absolute atomic E-state index is 0.388. The van der Waals surface area contributed by atoms with Gasteiger partial charge in [0.1, 0.15) is 0 Å². The summed E-state index contributed by atoms with van der Waals surface area (Å²) in [6.07, 6.45) is 3.69. The van der Waals surface area contributed by atoms with Gasteiger partial charge < -0.3 is 5.32 Å². The summed E-state index contributed by atoms with van der Waals surface area (Å²) in [5.41, 5.74) is 1.19. The molecule has 0 saturated heterocycles. The maximum atomic E-state index is 4.14. The Bertz CT molecular complexity index is 442. The topological polar surface area (TPSA) is 24.9 Å².